The van der Waals surface area contributed by atoms with Gasteiger partial charge in [-0.15, -0.1) is 0 Å². The maximum absolute atomic E-state index is 12.2. The van der Waals surface area contributed by atoms with Gasteiger partial charge in [-0.2, -0.15) is 0 Å². The zero-order chi connectivity index (χ0) is 17.0. The van der Waals surface area contributed by atoms with Gasteiger partial charge in [-0.25, -0.2) is 14.8 Å². The lowest BCUT2D eigenvalue weighted by atomic mass is 9.99. The molecule has 1 amide bonds. The molecule has 0 radical (unpaired) electrons. The number of aryl methyl sites for hydroxylation is 2. The number of amides is 1. The molecule has 1 atom stereocenters. The van der Waals surface area contributed by atoms with Crippen molar-refractivity contribution in [3.63, 3.8) is 0 Å². The van der Waals surface area contributed by atoms with Gasteiger partial charge in [0.15, 0.2) is 0 Å². The van der Waals surface area contributed by atoms with Crippen molar-refractivity contribution in [3.8, 4) is 6.01 Å². The Labute approximate surface area is 138 Å². The fourth-order valence-corrected chi connectivity index (χ4v) is 2.64. The van der Waals surface area contributed by atoms with E-state index in [0.717, 1.165) is 30.8 Å². The van der Waals surface area contributed by atoms with Crippen molar-refractivity contribution < 1.29 is 14.3 Å². The number of carbonyl (C=O) groups is 1. The summed E-state index contributed by atoms with van der Waals surface area (Å²) in [5, 5.41) is 0. The highest BCUT2D eigenvalue weighted by atomic mass is 16.6. The Morgan fingerprint density at radius 2 is 1.96 bits per heavy atom. The van der Waals surface area contributed by atoms with E-state index in [4.69, 9.17) is 9.47 Å². The Bertz CT molecular complexity index is 534. The molecule has 0 bridgehead atoms. The van der Waals surface area contributed by atoms with Crippen LogP contribution in [0.4, 0.5) is 4.79 Å². The van der Waals surface area contributed by atoms with E-state index in [2.05, 4.69) is 9.97 Å². The second-order valence-electron chi connectivity index (χ2n) is 7.18. The van der Waals surface area contributed by atoms with E-state index >= 15 is 0 Å². The van der Waals surface area contributed by atoms with E-state index in [0.29, 0.717) is 19.2 Å². The maximum Gasteiger partial charge on any atom is 0.410 e. The summed E-state index contributed by atoms with van der Waals surface area (Å²) < 4.78 is 11.2. The van der Waals surface area contributed by atoms with Crippen molar-refractivity contribution in [2.75, 3.05) is 19.7 Å². The standard InChI is InChI=1S/C17H27N3O3/c1-12-9-13(2)19-15(18-12)22-11-14-7-6-8-20(10-14)16(21)23-17(3,4)5/h9,14H,6-8,10-11H2,1-5H3. The molecule has 6 nitrogen and oxygen atoms in total. The summed E-state index contributed by atoms with van der Waals surface area (Å²) in [6.45, 7) is 11.4. The number of carbonyl (C=O) groups excluding carboxylic acids is 1. The second kappa shape index (κ2) is 7.15. The number of likely N-dealkylation sites (tertiary alicyclic amines) is 1. The Kier molecular flexibility index (Phi) is 5.44. The van der Waals surface area contributed by atoms with E-state index < -0.39 is 5.60 Å². The molecule has 2 rings (SSSR count). The Morgan fingerprint density at radius 3 is 2.57 bits per heavy atom. The summed E-state index contributed by atoms with van der Waals surface area (Å²) in [6, 6.07) is 2.33. The van der Waals surface area contributed by atoms with Gasteiger partial charge in [-0.05, 0) is 53.5 Å². The van der Waals surface area contributed by atoms with Crippen LogP contribution >= 0.6 is 0 Å². The average Bonchev–Trinajstić information content (AvgIpc) is 2.43. The third-order valence-electron chi connectivity index (χ3n) is 3.58. The van der Waals surface area contributed by atoms with E-state index in [1.54, 1.807) is 4.90 Å². The molecule has 1 aliphatic rings. The van der Waals surface area contributed by atoms with Crippen molar-refractivity contribution in [3.05, 3.63) is 17.5 Å². The first kappa shape index (κ1) is 17.5. The molecule has 1 aromatic rings. The molecular formula is C17H27N3O3. The lowest BCUT2D eigenvalue weighted by Crippen LogP contribution is -2.44. The highest BCUT2D eigenvalue weighted by Crippen LogP contribution is 2.20. The molecule has 1 unspecified atom stereocenters. The number of rotatable bonds is 3. The van der Waals surface area contributed by atoms with Crippen molar-refractivity contribution in [2.24, 2.45) is 5.92 Å². The Morgan fingerprint density at radius 1 is 1.30 bits per heavy atom. The first-order valence-corrected chi connectivity index (χ1v) is 8.16. The molecule has 0 saturated carbocycles. The largest absolute Gasteiger partial charge is 0.463 e. The van der Waals surface area contributed by atoms with Crippen LogP contribution in [0.3, 0.4) is 0 Å². The molecule has 0 aliphatic carbocycles. The predicted molar refractivity (Wildman–Crippen MR) is 87.5 cm³/mol. The predicted octanol–water partition coefficient (Wildman–Crippen LogP) is 3.12. The summed E-state index contributed by atoms with van der Waals surface area (Å²) in [5.41, 5.74) is 1.33. The molecular weight excluding hydrogens is 294 g/mol. The topological polar surface area (TPSA) is 64.5 Å². The van der Waals surface area contributed by atoms with Crippen LogP contribution in [0.1, 0.15) is 45.0 Å². The third kappa shape index (κ3) is 5.69. The van der Waals surface area contributed by atoms with Crippen molar-refractivity contribution in [1.29, 1.82) is 0 Å². The van der Waals surface area contributed by atoms with Gasteiger partial charge in [0.2, 0.25) is 0 Å². The third-order valence-corrected chi connectivity index (χ3v) is 3.58. The first-order chi connectivity index (χ1) is 10.7. The van der Waals surface area contributed by atoms with Gasteiger partial charge >= 0.3 is 12.1 Å². The quantitative estimate of drug-likeness (QED) is 0.856. The minimum absolute atomic E-state index is 0.246. The highest BCUT2D eigenvalue weighted by Gasteiger charge is 2.28. The molecule has 0 N–H and O–H groups in total. The monoisotopic (exact) mass is 321 g/mol. The normalized spacial score (nSPS) is 18.7. The van der Waals surface area contributed by atoms with Gasteiger partial charge in [-0.1, -0.05) is 0 Å². The lowest BCUT2D eigenvalue weighted by Gasteiger charge is -2.33. The maximum atomic E-state index is 12.2. The molecule has 0 spiro atoms. The average molecular weight is 321 g/mol. The molecule has 128 valence electrons. The summed E-state index contributed by atoms with van der Waals surface area (Å²) in [4.78, 5) is 22.5. The van der Waals surface area contributed by atoms with Gasteiger partial charge in [0.05, 0.1) is 6.61 Å². The summed E-state index contributed by atoms with van der Waals surface area (Å²) in [6.07, 6.45) is 1.75. The molecule has 0 aromatic carbocycles. The minimum atomic E-state index is -0.465. The van der Waals surface area contributed by atoms with Crippen molar-refractivity contribution in [2.45, 2.75) is 53.1 Å². The number of nitrogens with zero attached hydrogens (tertiary/aromatic N) is 3. The summed E-state index contributed by atoms with van der Waals surface area (Å²) >= 11 is 0. The van der Waals surface area contributed by atoms with Gasteiger partial charge in [0.25, 0.3) is 0 Å². The molecule has 23 heavy (non-hydrogen) atoms. The smallest absolute Gasteiger partial charge is 0.410 e. The number of hydrogen-bond acceptors (Lipinski definition) is 5. The molecule has 1 fully saturated rings. The van der Waals surface area contributed by atoms with E-state index in [1.165, 1.54) is 0 Å². The van der Waals surface area contributed by atoms with Crippen LogP contribution in [0.25, 0.3) is 0 Å². The van der Waals surface area contributed by atoms with Crippen LogP contribution < -0.4 is 4.74 Å². The Balaban J connectivity index is 1.87. The minimum Gasteiger partial charge on any atom is -0.463 e. The molecule has 1 aromatic heterocycles. The first-order valence-electron chi connectivity index (χ1n) is 8.16. The molecule has 6 heteroatoms. The van der Waals surface area contributed by atoms with E-state index in [-0.39, 0.29) is 12.0 Å². The molecule has 1 aliphatic heterocycles. The number of ether oxygens (including phenoxy) is 2. The summed E-state index contributed by atoms with van der Waals surface area (Å²) in [5.74, 6) is 0.278. The second-order valence-corrected chi connectivity index (χ2v) is 7.18. The van der Waals surface area contributed by atoms with E-state index in [1.807, 2.05) is 40.7 Å². The molecule has 1 saturated heterocycles. The number of piperidine rings is 1. The van der Waals surface area contributed by atoms with E-state index in [9.17, 15) is 4.79 Å². The van der Waals surface area contributed by atoms with Crippen molar-refractivity contribution >= 4 is 6.09 Å². The fraction of sp³-hybridized carbons (Fsp3) is 0.706. The van der Waals surface area contributed by atoms with Crippen LogP contribution in [0.2, 0.25) is 0 Å². The van der Waals surface area contributed by atoms with Gasteiger partial charge in [0, 0.05) is 30.4 Å². The van der Waals surface area contributed by atoms with Crippen LogP contribution in [0, 0.1) is 19.8 Å². The summed E-state index contributed by atoms with van der Waals surface area (Å²) in [7, 11) is 0. The zero-order valence-corrected chi connectivity index (χ0v) is 14.8. The fourth-order valence-electron chi connectivity index (χ4n) is 2.64. The Hall–Kier alpha value is -1.85. The van der Waals surface area contributed by atoms with Crippen LogP contribution in [-0.2, 0) is 4.74 Å². The van der Waals surface area contributed by atoms with Crippen LogP contribution in [0.5, 0.6) is 6.01 Å². The SMILES string of the molecule is Cc1cc(C)nc(OCC2CCCN(C(=O)OC(C)(C)C)C2)n1. The molecule has 2 heterocycles. The zero-order valence-electron chi connectivity index (χ0n) is 14.8. The highest BCUT2D eigenvalue weighted by molar-refractivity contribution is 5.68. The van der Waals surface area contributed by atoms with Crippen molar-refractivity contribution in [1.82, 2.24) is 14.9 Å². The lowest BCUT2D eigenvalue weighted by molar-refractivity contribution is 0.0137. The van der Waals surface area contributed by atoms with Crippen LogP contribution in [-0.4, -0.2) is 46.3 Å². The number of aromatic nitrogens is 2. The van der Waals surface area contributed by atoms with Gasteiger partial charge < -0.3 is 14.4 Å². The van der Waals surface area contributed by atoms with Gasteiger partial charge in [-0.3, -0.25) is 0 Å². The van der Waals surface area contributed by atoms with Crippen LogP contribution in [0.15, 0.2) is 6.07 Å². The number of hydrogen-bond donors (Lipinski definition) is 0. The van der Waals surface area contributed by atoms with Gasteiger partial charge in [0.1, 0.15) is 5.60 Å².